The summed E-state index contributed by atoms with van der Waals surface area (Å²) in [6.07, 6.45) is 0. The molecule has 0 bridgehead atoms. The van der Waals surface area contributed by atoms with Crippen molar-refractivity contribution >= 4 is 38.4 Å². The van der Waals surface area contributed by atoms with Crippen LogP contribution in [0.25, 0.3) is 10.2 Å². The number of anilines is 2. The Bertz CT molecular complexity index is 798. The Balaban J connectivity index is 1.72. The zero-order chi connectivity index (χ0) is 14.8. The van der Waals surface area contributed by atoms with E-state index in [2.05, 4.69) is 15.6 Å². The highest BCUT2D eigenvalue weighted by Gasteiger charge is 2.08. The highest BCUT2D eigenvalue weighted by molar-refractivity contribution is 7.22. The van der Waals surface area contributed by atoms with Gasteiger partial charge < -0.3 is 5.32 Å². The van der Waals surface area contributed by atoms with Crippen molar-refractivity contribution in [1.82, 2.24) is 4.98 Å². The van der Waals surface area contributed by atoms with Crippen molar-refractivity contribution in [2.75, 3.05) is 10.6 Å². The first-order valence-electron chi connectivity index (χ1n) is 6.31. The van der Waals surface area contributed by atoms with Crippen LogP contribution in [0.15, 0.2) is 42.5 Å². The zero-order valence-corrected chi connectivity index (χ0v) is 12.0. The molecule has 0 unspecified atom stereocenters. The molecule has 3 rings (SSSR count). The number of thiazole rings is 1. The second-order valence-corrected chi connectivity index (χ2v) is 5.61. The number of hydrogen-bond acceptors (Lipinski definition) is 3. The Morgan fingerprint density at radius 1 is 1.14 bits per heavy atom. The summed E-state index contributed by atoms with van der Waals surface area (Å²) in [6.45, 7) is 1.98. The summed E-state index contributed by atoms with van der Waals surface area (Å²) >= 11 is 1.23. The number of benzene rings is 2. The van der Waals surface area contributed by atoms with Gasteiger partial charge in [0.2, 0.25) is 0 Å². The van der Waals surface area contributed by atoms with E-state index in [-0.39, 0.29) is 11.8 Å². The molecule has 0 fully saturated rings. The van der Waals surface area contributed by atoms with E-state index in [0.29, 0.717) is 21.0 Å². The SMILES string of the molecule is Cc1ccc(NC(=O)Nc2nc3ccc(F)cc3s2)cc1. The number of rotatable bonds is 2. The number of hydrogen-bond donors (Lipinski definition) is 2. The number of aromatic nitrogens is 1. The van der Waals surface area contributed by atoms with Crippen LogP contribution in [-0.2, 0) is 0 Å². The average molecular weight is 301 g/mol. The van der Waals surface area contributed by atoms with E-state index < -0.39 is 0 Å². The normalized spacial score (nSPS) is 10.6. The summed E-state index contributed by atoms with van der Waals surface area (Å²) in [6, 6.07) is 11.4. The van der Waals surface area contributed by atoms with Crippen molar-refractivity contribution in [2.45, 2.75) is 6.92 Å². The van der Waals surface area contributed by atoms with Gasteiger partial charge in [-0.05, 0) is 37.3 Å². The number of amides is 2. The fourth-order valence-corrected chi connectivity index (χ4v) is 2.73. The quantitative estimate of drug-likeness (QED) is 0.737. The van der Waals surface area contributed by atoms with Crippen molar-refractivity contribution in [3.63, 3.8) is 0 Å². The third-order valence-electron chi connectivity index (χ3n) is 2.88. The summed E-state index contributed by atoms with van der Waals surface area (Å²) in [5, 5.41) is 5.80. The molecule has 3 aromatic rings. The second-order valence-electron chi connectivity index (χ2n) is 4.58. The minimum atomic E-state index is -0.376. The maximum atomic E-state index is 13.1. The average Bonchev–Trinajstić information content (AvgIpc) is 2.82. The molecule has 0 atom stereocenters. The number of halogens is 1. The monoisotopic (exact) mass is 301 g/mol. The lowest BCUT2D eigenvalue weighted by Crippen LogP contribution is -2.19. The minimum absolute atomic E-state index is 0.318. The van der Waals surface area contributed by atoms with E-state index in [9.17, 15) is 9.18 Å². The fraction of sp³-hybridized carbons (Fsp3) is 0.0667. The lowest BCUT2D eigenvalue weighted by atomic mass is 10.2. The van der Waals surface area contributed by atoms with E-state index >= 15 is 0 Å². The van der Waals surface area contributed by atoms with Crippen molar-refractivity contribution < 1.29 is 9.18 Å². The molecule has 2 amide bonds. The molecular weight excluding hydrogens is 289 g/mol. The van der Waals surface area contributed by atoms with Crippen LogP contribution in [0, 0.1) is 12.7 Å². The lowest BCUT2D eigenvalue weighted by molar-refractivity contribution is 0.262. The molecule has 2 N–H and O–H groups in total. The van der Waals surface area contributed by atoms with E-state index in [4.69, 9.17) is 0 Å². The van der Waals surface area contributed by atoms with Gasteiger partial charge in [-0.2, -0.15) is 0 Å². The molecule has 2 aromatic carbocycles. The van der Waals surface area contributed by atoms with Crippen LogP contribution in [0.3, 0.4) is 0 Å². The van der Waals surface area contributed by atoms with Gasteiger partial charge in [0.05, 0.1) is 10.2 Å². The van der Waals surface area contributed by atoms with E-state index in [1.807, 2.05) is 31.2 Å². The van der Waals surface area contributed by atoms with Crippen LogP contribution in [0.4, 0.5) is 20.0 Å². The van der Waals surface area contributed by atoms with Gasteiger partial charge in [0, 0.05) is 5.69 Å². The summed E-state index contributed by atoms with van der Waals surface area (Å²) in [4.78, 5) is 16.1. The van der Waals surface area contributed by atoms with E-state index in [1.165, 1.54) is 23.5 Å². The Kier molecular flexibility index (Phi) is 3.53. The third-order valence-corrected chi connectivity index (χ3v) is 3.81. The molecule has 4 nitrogen and oxygen atoms in total. The van der Waals surface area contributed by atoms with Gasteiger partial charge >= 0.3 is 6.03 Å². The number of urea groups is 1. The van der Waals surface area contributed by atoms with E-state index in [0.717, 1.165) is 5.56 Å². The van der Waals surface area contributed by atoms with Gasteiger partial charge in [0.25, 0.3) is 0 Å². The zero-order valence-electron chi connectivity index (χ0n) is 11.2. The predicted molar refractivity (Wildman–Crippen MR) is 83.4 cm³/mol. The van der Waals surface area contributed by atoms with Crippen LogP contribution in [0.5, 0.6) is 0 Å². The molecule has 106 valence electrons. The van der Waals surface area contributed by atoms with Crippen molar-refractivity contribution in [2.24, 2.45) is 0 Å². The molecule has 6 heteroatoms. The molecule has 1 aromatic heterocycles. The van der Waals surface area contributed by atoms with Gasteiger partial charge in [0.15, 0.2) is 5.13 Å². The van der Waals surface area contributed by atoms with Crippen LogP contribution < -0.4 is 10.6 Å². The standard InChI is InChI=1S/C15H12FN3OS/c1-9-2-5-11(6-3-9)17-14(20)19-15-18-12-7-4-10(16)8-13(12)21-15/h2-8H,1H3,(H2,17,18,19,20). The van der Waals surface area contributed by atoms with Crippen molar-refractivity contribution in [3.8, 4) is 0 Å². The highest BCUT2D eigenvalue weighted by atomic mass is 32.1. The summed E-state index contributed by atoms with van der Waals surface area (Å²) in [7, 11) is 0. The smallest absolute Gasteiger partial charge is 0.308 e. The van der Waals surface area contributed by atoms with Gasteiger partial charge in [-0.15, -0.1) is 0 Å². The Labute approximate surface area is 124 Å². The first-order valence-corrected chi connectivity index (χ1v) is 7.12. The molecule has 0 spiro atoms. The molecule has 0 saturated heterocycles. The van der Waals surface area contributed by atoms with Gasteiger partial charge in [-0.3, -0.25) is 5.32 Å². The Morgan fingerprint density at radius 3 is 2.67 bits per heavy atom. The largest absolute Gasteiger partial charge is 0.325 e. The summed E-state index contributed by atoms with van der Waals surface area (Å²) in [5.41, 5.74) is 2.48. The molecule has 1 heterocycles. The molecule has 0 aliphatic carbocycles. The van der Waals surface area contributed by atoms with Crippen molar-refractivity contribution in [1.29, 1.82) is 0 Å². The van der Waals surface area contributed by atoms with Crippen LogP contribution in [-0.4, -0.2) is 11.0 Å². The second kappa shape index (κ2) is 5.49. The van der Waals surface area contributed by atoms with Gasteiger partial charge in [-0.25, -0.2) is 14.2 Å². The van der Waals surface area contributed by atoms with Crippen LogP contribution in [0.1, 0.15) is 5.56 Å². The number of nitrogens with zero attached hydrogens (tertiary/aromatic N) is 1. The van der Waals surface area contributed by atoms with Gasteiger partial charge in [0.1, 0.15) is 5.82 Å². The Hall–Kier alpha value is -2.47. The third kappa shape index (κ3) is 3.17. The summed E-state index contributed by atoms with van der Waals surface area (Å²) in [5.74, 6) is -0.318. The summed E-state index contributed by atoms with van der Waals surface area (Å²) < 4.78 is 13.8. The number of carbonyl (C=O) groups is 1. The van der Waals surface area contributed by atoms with Gasteiger partial charge in [-0.1, -0.05) is 29.0 Å². The molecular formula is C15H12FN3OS. The molecule has 0 saturated carbocycles. The lowest BCUT2D eigenvalue weighted by Gasteiger charge is -2.05. The number of nitrogens with one attached hydrogen (secondary N) is 2. The molecule has 21 heavy (non-hydrogen) atoms. The maximum Gasteiger partial charge on any atom is 0.325 e. The highest BCUT2D eigenvalue weighted by Crippen LogP contribution is 2.26. The number of carbonyl (C=O) groups excluding carboxylic acids is 1. The topological polar surface area (TPSA) is 54.0 Å². The molecule has 0 radical (unpaired) electrons. The maximum absolute atomic E-state index is 13.1. The fourth-order valence-electron chi connectivity index (χ4n) is 1.85. The first-order chi connectivity index (χ1) is 10.1. The van der Waals surface area contributed by atoms with Crippen LogP contribution >= 0.6 is 11.3 Å². The van der Waals surface area contributed by atoms with E-state index in [1.54, 1.807) is 6.07 Å². The van der Waals surface area contributed by atoms with Crippen LogP contribution in [0.2, 0.25) is 0 Å². The predicted octanol–water partition coefficient (Wildman–Crippen LogP) is 4.39. The molecule has 0 aliphatic heterocycles. The number of aryl methyl sites for hydroxylation is 1. The van der Waals surface area contributed by atoms with Crippen molar-refractivity contribution in [3.05, 3.63) is 53.8 Å². The minimum Gasteiger partial charge on any atom is -0.308 e. The Morgan fingerprint density at radius 2 is 1.90 bits per heavy atom. The number of fused-ring (bicyclic) bond motifs is 1. The molecule has 0 aliphatic rings. The first kappa shape index (κ1) is 13.5.